The van der Waals surface area contributed by atoms with Crippen molar-refractivity contribution in [2.45, 2.75) is 32.1 Å². The summed E-state index contributed by atoms with van der Waals surface area (Å²) in [7, 11) is 0. The number of halogens is 1. The van der Waals surface area contributed by atoms with Crippen molar-refractivity contribution in [2.24, 2.45) is 17.8 Å². The number of carbonyl (C=O) groups excluding carboxylic acids is 2. The van der Waals surface area contributed by atoms with Gasteiger partial charge in [0.15, 0.2) is 0 Å². The highest BCUT2D eigenvalue weighted by Gasteiger charge is 2.41. The van der Waals surface area contributed by atoms with E-state index in [1.165, 1.54) is 0 Å². The number of ketones is 1. The van der Waals surface area contributed by atoms with Gasteiger partial charge >= 0.3 is 0 Å². The molecule has 1 amide bonds. The Morgan fingerprint density at radius 3 is 2.45 bits per heavy atom. The maximum atomic E-state index is 12.4. The number of fused-ring (bicyclic) bond motifs is 2. The van der Waals surface area contributed by atoms with Crippen LogP contribution in [0.25, 0.3) is 0 Å². The third-order valence-corrected chi connectivity index (χ3v) is 4.88. The smallest absolute Gasteiger partial charge is 0.227 e. The van der Waals surface area contributed by atoms with Crippen molar-refractivity contribution in [2.75, 3.05) is 5.32 Å². The van der Waals surface area contributed by atoms with Crippen molar-refractivity contribution in [3.63, 3.8) is 0 Å². The second-order valence-electron chi connectivity index (χ2n) is 5.86. The van der Waals surface area contributed by atoms with Crippen LogP contribution in [0.4, 0.5) is 5.69 Å². The number of hydrogen-bond acceptors (Lipinski definition) is 2. The molecule has 0 aliphatic heterocycles. The molecule has 2 fully saturated rings. The van der Waals surface area contributed by atoms with Gasteiger partial charge in [-0.25, -0.2) is 0 Å². The zero-order valence-electron chi connectivity index (χ0n) is 11.3. The van der Waals surface area contributed by atoms with Crippen molar-refractivity contribution >= 4 is 29.0 Å². The lowest BCUT2D eigenvalue weighted by Crippen LogP contribution is -2.40. The summed E-state index contributed by atoms with van der Waals surface area (Å²) in [6.45, 7) is 0. The van der Waals surface area contributed by atoms with Crippen LogP contribution in [-0.4, -0.2) is 11.7 Å². The van der Waals surface area contributed by atoms with E-state index in [1.807, 2.05) is 12.1 Å². The van der Waals surface area contributed by atoms with E-state index in [9.17, 15) is 9.59 Å². The molecule has 2 saturated carbocycles. The lowest BCUT2D eigenvalue weighted by Gasteiger charge is -2.36. The summed E-state index contributed by atoms with van der Waals surface area (Å²) in [5.41, 5.74) is 0.654. The van der Waals surface area contributed by atoms with E-state index >= 15 is 0 Å². The van der Waals surface area contributed by atoms with Gasteiger partial charge in [0, 0.05) is 17.8 Å². The Morgan fingerprint density at radius 2 is 1.80 bits per heavy atom. The molecule has 1 aromatic rings. The standard InChI is InChI=1S/C16H18ClNO2/c17-13-6-1-2-7-14(13)18-16(20)12-8-10-4-3-5-11(9-12)15(10)19/h1-2,6-7,10-12H,3-5,8-9H2,(H,18,20)/t10-,11-/m0/s1. The van der Waals surface area contributed by atoms with Crippen LogP contribution in [0.3, 0.4) is 0 Å². The number of hydrogen-bond donors (Lipinski definition) is 1. The van der Waals surface area contributed by atoms with E-state index in [-0.39, 0.29) is 23.7 Å². The SMILES string of the molecule is O=C(Nc1ccccc1Cl)C1C[C@@H]2CCC[C@@H](C1)C2=O. The minimum Gasteiger partial charge on any atom is -0.325 e. The summed E-state index contributed by atoms with van der Waals surface area (Å²) in [5, 5.41) is 3.45. The molecule has 2 aliphatic rings. The number of anilines is 1. The first kappa shape index (κ1) is 13.6. The van der Waals surface area contributed by atoms with Crippen molar-refractivity contribution < 1.29 is 9.59 Å². The first-order chi connectivity index (χ1) is 9.65. The zero-order valence-corrected chi connectivity index (χ0v) is 12.0. The molecule has 0 saturated heterocycles. The highest BCUT2D eigenvalue weighted by atomic mass is 35.5. The average molecular weight is 292 g/mol. The number of carbonyl (C=O) groups is 2. The Hall–Kier alpha value is -1.35. The number of Topliss-reactive ketones (excluding diaryl/α,β-unsaturated/α-hetero) is 1. The maximum Gasteiger partial charge on any atom is 0.227 e. The van der Waals surface area contributed by atoms with Gasteiger partial charge < -0.3 is 5.32 Å². The van der Waals surface area contributed by atoms with Gasteiger partial charge in [-0.05, 0) is 37.8 Å². The van der Waals surface area contributed by atoms with Crippen molar-refractivity contribution in [1.82, 2.24) is 0 Å². The molecule has 0 radical (unpaired) electrons. The molecule has 0 heterocycles. The topological polar surface area (TPSA) is 46.2 Å². The molecule has 1 N–H and O–H groups in total. The Kier molecular flexibility index (Phi) is 3.79. The third-order valence-electron chi connectivity index (χ3n) is 4.55. The van der Waals surface area contributed by atoms with E-state index in [2.05, 4.69) is 5.32 Å². The van der Waals surface area contributed by atoms with Crippen LogP contribution in [0.2, 0.25) is 5.02 Å². The van der Waals surface area contributed by atoms with Gasteiger partial charge in [0.1, 0.15) is 5.78 Å². The summed E-state index contributed by atoms with van der Waals surface area (Å²) in [4.78, 5) is 24.4. The van der Waals surface area contributed by atoms with Crippen LogP contribution in [0.1, 0.15) is 32.1 Å². The molecule has 20 heavy (non-hydrogen) atoms. The van der Waals surface area contributed by atoms with Crippen molar-refractivity contribution in [3.05, 3.63) is 29.3 Å². The summed E-state index contributed by atoms with van der Waals surface area (Å²) >= 11 is 6.06. The van der Waals surface area contributed by atoms with Gasteiger partial charge in [0.2, 0.25) is 5.91 Å². The van der Waals surface area contributed by atoms with Gasteiger partial charge in [-0.1, -0.05) is 30.2 Å². The van der Waals surface area contributed by atoms with Crippen molar-refractivity contribution in [1.29, 1.82) is 0 Å². The largest absolute Gasteiger partial charge is 0.325 e. The van der Waals surface area contributed by atoms with Gasteiger partial charge in [-0.2, -0.15) is 0 Å². The fraction of sp³-hybridized carbons (Fsp3) is 0.500. The second-order valence-corrected chi connectivity index (χ2v) is 6.27. The zero-order chi connectivity index (χ0) is 14.1. The number of nitrogens with one attached hydrogen (secondary N) is 1. The minimum atomic E-state index is -0.0562. The molecule has 106 valence electrons. The molecular formula is C16H18ClNO2. The van der Waals surface area contributed by atoms with Crippen LogP contribution in [-0.2, 0) is 9.59 Å². The van der Waals surface area contributed by atoms with E-state index in [0.717, 1.165) is 19.3 Å². The Morgan fingerprint density at radius 1 is 1.15 bits per heavy atom. The quantitative estimate of drug-likeness (QED) is 0.903. The molecule has 4 heteroatoms. The molecule has 1 aromatic carbocycles. The van der Waals surface area contributed by atoms with Crippen LogP contribution >= 0.6 is 11.6 Å². The Balaban J connectivity index is 1.69. The lowest BCUT2D eigenvalue weighted by atomic mass is 9.67. The molecule has 2 bridgehead atoms. The van der Waals surface area contributed by atoms with E-state index in [4.69, 9.17) is 11.6 Å². The van der Waals surface area contributed by atoms with Gasteiger partial charge in [-0.3, -0.25) is 9.59 Å². The highest BCUT2D eigenvalue weighted by molar-refractivity contribution is 6.33. The van der Waals surface area contributed by atoms with Crippen LogP contribution in [0, 0.1) is 17.8 Å². The monoisotopic (exact) mass is 291 g/mol. The number of para-hydroxylation sites is 1. The summed E-state index contributed by atoms with van der Waals surface area (Å²) in [6.07, 6.45) is 4.42. The fourth-order valence-electron chi connectivity index (χ4n) is 3.49. The molecule has 0 spiro atoms. The predicted molar refractivity (Wildman–Crippen MR) is 78.6 cm³/mol. The Bertz CT molecular complexity index is 527. The van der Waals surface area contributed by atoms with E-state index in [0.29, 0.717) is 29.3 Å². The number of rotatable bonds is 2. The highest BCUT2D eigenvalue weighted by Crippen LogP contribution is 2.40. The lowest BCUT2D eigenvalue weighted by molar-refractivity contribution is -0.136. The molecule has 2 atom stereocenters. The molecule has 0 unspecified atom stereocenters. The number of amides is 1. The maximum absolute atomic E-state index is 12.4. The first-order valence-corrected chi connectivity index (χ1v) is 7.62. The van der Waals surface area contributed by atoms with E-state index < -0.39 is 0 Å². The second kappa shape index (κ2) is 5.57. The van der Waals surface area contributed by atoms with E-state index in [1.54, 1.807) is 12.1 Å². The summed E-state index contributed by atoms with van der Waals surface area (Å²) in [6, 6.07) is 7.24. The minimum absolute atomic E-state index is 0.00231. The average Bonchev–Trinajstić information content (AvgIpc) is 2.41. The predicted octanol–water partition coefficient (Wildman–Crippen LogP) is 3.67. The normalized spacial score (nSPS) is 29.1. The fourth-order valence-corrected chi connectivity index (χ4v) is 3.67. The van der Waals surface area contributed by atoms with Gasteiger partial charge in [0.25, 0.3) is 0 Å². The molecule has 2 aliphatic carbocycles. The molecular weight excluding hydrogens is 274 g/mol. The first-order valence-electron chi connectivity index (χ1n) is 7.24. The summed E-state index contributed by atoms with van der Waals surface area (Å²) in [5.74, 6) is 0.536. The van der Waals surface area contributed by atoms with Gasteiger partial charge in [0.05, 0.1) is 10.7 Å². The Labute approximate surface area is 123 Å². The van der Waals surface area contributed by atoms with Gasteiger partial charge in [-0.15, -0.1) is 0 Å². The van der Waals surface area contributed by atoms with Crippen LogP contribution in [0.5, 0.6) is 0 Å². The van der Waals surface area contributed by atoms with Crippen LogP contribution < -0.4 is 5.32 Å². The van der Waals surface area contributed by atoms with Crippen LogP contribution in [0.15, 0.2) is 24.3 Å². The van der Waals surface area contributed by atoms with Crippen molar-refractivity contribution in [3.8, 4) is 0 Å². The third kappa shape index (κ3) is 2.59. The summed E-state index contributed by atoms with van der Waals surface area (Å²) < 4.78 is 0. The molecule has 3 rings (SSSR count). The molecule has 3 nitrogen and oxygen atoms in total. The number of benzene rings is 1. The molecule has 0 aromatic heterocycles.